The summed E-state index contributed by atoms with van der Waals surface area (Å²) in [5, 5.41) is 3.40. The van der Waals surface area contributed by atoms with E-state index in [1.165, 1.54) is 12.7 Å². The summed E-state index contributed by atoms with van der Waals surface area (Å²) in [5.74, 6) is -0.112. The van der Waals surface area contributed by atoms with E-state index in [0.29, 0.717) is 6.42 Å². The number of benzene rings is 1. The molecule has 3 heteroatoms. The summed E-state index contributed by atoms with van der Waals surface area (Å²) in [6.45, 7) is 2.01. The van der Waals surface area contributed by atoms with Crippen molar-refractivity contribution in [1.29, 1.82) is 0 Å². The van der Waals surface area contributed by atoms with Crippen LogP contribution in [0.1, 0.15) is 31.2 Å². The summed E-state index contributed by atoms with van der Waals surface area (Å²) in [5.41, 5.74) is 1.39. The maximum Gasteiger partial charge on any atom is 0.305 e. The van der Waals surface area contributed by atoms with Crippen molar-refractivity contribution in [1.82, 2.24) is 5.32 Å². The Bertz CT molecular complexity index is 325. The van der Waals surface area contributed by atoms with Crippen LogP contribution in [0.3, 0.4) is 0 Å². The molecule has 0 fully saturated rings. The maximum absolute atomic E-state index is 10.9. The van der Waals surface area contributed by atoms with Crippen LogP contribution < -0.4 is 5.32 Å². The van der Waals surface area contributed by atoms with Gasteiger partial charge in [-0.25, -0.2) is 0 Å². The smallest absolute Gasteiger partial charge is 0.305 e. The zero-order valence-electron chi connectivity index (χ0n) is 11.2. The number of methoxy groups -OCH3 is 1. The van der Waals surface area contributed by atoms with Gasteiger partial charge in [0.2, 0.25) is 0 Å². The molecule has 0 bridgehead atoms. The minimum absolute atomic E-state index is 0.112. The molecule has 1 aromatic carbocycles. The summed E-state index contributed by atoms with van der Waals surface area (Å²) in [7, 11) is 1.43. The van der Waals surface area contributed by atoms with Gasteiger partial charge in [-0.3, -0.25) is 4.79 Å². The highest BCUT2D eigenvalue weighted by Gasteiger charge is 1.98. The number of carbonyl (C=O) groups excluding carboxylic acids is 1. The van der Waals surface area contributed by atoms with Crippen molar-refractivity contribution < 1.29 is 9.53 Å². The molecule has 18 heavy (non-hydrogen) atoms. The molecule has 0 aliphatic rings. The maximum atomic E-state index is 10.9. The van der Waals surface area contributed by atoms with E-state index in [9.17, 15) is 4.79 Å². The highest BCUT2D eigenvalue weighted by molar-refractivity contribution is 5.68. The second-order valence-corrected chi connectivity index (χ2v) is 4.37. The van der Waals surface area contributed by atoms with Gasteiger partial charge in [0.15, 0.2) is 0 Å². The average Bonchev–Trinajstić information content (AvgIpc) is 2.42. The van der Waals surface area contributed by atoms with Crippen molar-refractivity contribution in [3.63, 3.8) is 0 Å². The van der Waals surface area contributed by atoms with Crippen LogP contribution in [0.5, 0.6) is 0 Å². The number of unbranched alkanes of at least 4 members (excludes halogenated alkanes) is 1. The predicted octanol–water partition coefficient (Wildman–Crippen LogP) is 2.55. The Morgan fingerprint density at radius 1 is 1.11 bits per heavy atom. The quantitative estimate of drug-likeness (QED) is 0.540. The van der Waals surface area contributed by atoms with Gasteiger partial charge in [-0.2, -0.15) is 0 Å². The molecule has 3 nitrogen and oxygen atoms in total. The van der Waals surface area contributed by atoms with E-state index in [-0.39, 0.29) is 5.97 Å². The Kier molecular flexibility index (Phi) is 7.89. The highest BCUT2D eigenvalue weighted by atomic mass is 16.5. The average molecular weight is 249 g/mol. The van der Waals surface area contributed by atoms with Gasteiger partial charge < -0.3 is 10.1 Å². The fourth-order valence-electron chi connectivity index (χ4n) is 1.81. The van der Waals surface area contributed by atoms with Crippen LogP contribution in [-0.2, 0) is 16.0 Å². The fraction of sp³-hybridized carbons (Fsp3) is 0.533. The molecule has 1 N–H and O–H groups in total. The molecule has 0 aliphatic carbocycles. The van der Waals surface area contributed by atoms with Crippen LogP contribution in [0.25, 0.3) is 0 Å². The van der Waals surface area contributed by atoms with E-state index in [1.807, 2.05) is 6.07 Å². The summed E-state index contributed by atoms with van der Waals surface area (Å²) in [6.07, 6.45) is 4.73. The van der Waals surface area contributed by atoms with E-state index in [0.717, 1.165) is 38.8 Å². The van der Waals surface area contributed by atoms with Crippen molar-refractivity contribution in [2.75, 3.05) is 20.2 Å². The van der Waals surface area contributed by atoms with Gasteiger partial charge in [0.05, 0.1) is 7.11 Å². The van der Waals surface area contributed by atoms with Crippen molar-refractivity contribution in [3.8, 4) is 0 Å². The minimum Gasteiger partial charge on any atom is -0.469 e. The van der Waals surface area contributed by atoms with Gasteiger partial charge in [0.25, 0.3) is 0 Å². The van der Waals surface area contributed by atoms with Gasteiger partial charge in [-0.15, -0.1) is 0 Å². The fourth-order valence-corrected chi connectivity index (χ4v) is 1.81. The van der Waals surface area contributed by atoms with E-state index in [1.54, 1.807) is 0 Å². The van der Waals surface area contributed by atoms with E-state index < -0.39 is 0 Å². The number of aryl methyl sites for hydroxylation is 1. The number of rotatable bonds is 9. The largest absolute Gasteiger partial charge is 0.469 e. The number of carbonyl (C=O) groups is 1. The first kappa shape index (κ1) is 14.7. The topological polar surface area (TPSA) is 38.3 Å². The second-order valence-electron chi connectivity index (χ2n) is 4.37. The zero-order chi connectivity index (χ0) is 13.1. The number of nitrogens with one attached hydrogen (secondary N) is 1. The first-order valence-electron chi connectivity index (χ1n) is 6.64. The van der Waals surface area contributed by atoms with Crippen LogP contribution >= 0.6 is 0 Å². The lowest BCUT2D eigenvalue weighted by atomic mass is 10.1. The van der Waals surface area contributed by atoms with Crippen molar-refractivity contribution >= 4 is 5.97 Å². The molecule has 0 aromatic heterocycles. The van der Waals surface area contributed by atoms with Crippen LogP contribution in [0.4, 0.5) is 0 Å². The Labute approximate surface area is 110 Å². The molecule has 0 radical (unpaired) electrons. The van der Waals surface area contributed by atoms with Gasteiger partial charge in [0.1, 0.15) is 0 Å². The van der Waals surface area contributed by atoms with Crippen molar-refractivity contribution in [2.24, 2.45) is 0 Å². The van der Waals surface area contributed by atoms with Gasteiger partial charge >= 0.3 is 5.97 Å². The van der Waals surface area contributed by atoms with E-state index in [2.05, 4.69) is 34.3 Å². The number of hydrogen-bond acceptors (Lipinski definition) is 3. The van der Waals surface area contributed by atoms with Crippen LogP contribution in [0, 0.1) is 0 Å². The van der Waals surface area contributed by atoms with Gasteiger partial charge in [-0.05, 0) is 44.3 Å². The molecule has 100 valence electrons. The second kappa shape index (κ2) is 9.66. The molecule has 0 heterocycles. The third kappa shape index (κ3) is 7.07. The third-order valence-corrected chi connectivity index (χ3v) is 2.87. The molecule has 0 unspecified atom stereocenters. The Morgan fingerprint density at radius 3 is 2.56 bits per heavy atom. The van der Waals surface area contributed by atoms with E-state index >= 15 is 0 Å². The first-order chi connectivity index (χ1) is 8.83. The lowest BCUT2D eigenvalue weighted by Crippen LogP contribution is -2.17. The molecule has 1 rings (SSSR count). The van der Waals surface area contributed by atoms with Crippen molar-refractivity contribution in [3.05, 3.63) is 35.9 Å². The molecule has 0 atom stereocenters. The molecule has 0 aliphatic heterocycles. The molecule has 1 aromatic rings. The Morgan fingerprint density at radius 2 is 1.83 bits per heavy atom. The zero-order valence-corrected chi connectivity index (χ0v) is 11.2. The van der Waals surface area contributed by atoms with Gasteiger partial charge in [-0.1, -0.05) is 30.3 Å². The van der Waals surface area contributed by atoms with Crippen LogP contribution in [0.2, 0.25) is 0 Å². The molecular weight excluding hydrogens is 226 g/mol. The highest BCUT2D eigenvalue weighted by Crippen LogP contribution is 2.01. The Balaban J connectivity index is 1.89. The SMILES string of the molecule is COC(=O)CCCCNCCCc1ccccc1. The summed E-state index contributed by atoms with van der Waals surface area (Å²) in [6, 6.07) is 10.5. The lowest BCUT2D eigenvalue weighted by Gasteiger charge is -2.04. The summed E-state index contributed by atoms with van der Waals surface area (Å²) in [4.78, 5) is 10.9. The minimum atomic E-state index is -0.112. The van der Waals surface area contributed by atoms with Crippen molar-refractivity contribution in [2.45, 2.75) is 32.1 Å². The number of ether oxygens (including phenoxy) is 1. The summed E-state index contributed by atoms with van der Waals surface area (Å²) < 4.78 is 4.58. The molecular formula is C15H23NO2. The third-order valence-electron chi connectivity index (χ3n) is 2.87. The number of hydrogen-bond donors (Lipinski definition) is 1. The molecule has 0 amide bonds. The van der Waals surface area contributed by atoms with Gasteiger partial charge in [0, 0.05) is 6.42 Å². The molecule has 0 spiro atoms. The first-order valence-corrected chi connectivity index (χ1v) is 6.64. The molecule has 0 saturated heterocycles. The number of esters is 1. The van der Waals surface area contributed by atoms with Crippen LogP contribution in [0.15, 0.2) is 30.3 Å². The van der Waals surface area contributed by atoms with E-state index in [4.69, 9.17) is 0 Å². The molecule has 0 saturated carbocycles. The standard InChI is InChI=1S/C15H23NO2/c1-18-15(17)11-5-6-12-16-13-7-10-14-8-3-2-4-9-14/h2-4,8-9,16H,5-7,10-13H2,1H3. The summed E-state index contributed by atoms with van der Waals surface area (Å²) >= 11 is 0. The van der Waals surface area contributed by atoms with Crippen LogP contribution in [-0.4, -0.2) is 26.2 Å². The normalized spacial score (nSPS) is 10.3. The monoisotopic (exact) mass is 249 g/mol. The lowest BCUT2D eigenvalue weighted by molar-refractivity contribution is -0.140. The predicted molar refractivity (Wildman–Crippen MR) is 73.5 cm³/mol. The Hall–Kier alpha value is -1.35.